The molecule has 4 rings (SSSR count). The summed E-state index contributed by atoms with van der Waals surface area (Å²) < 4.78 is 12.3. The van der Waals surface area contributed by atoms with Gasteiger partial charge in [-0.05, 0) is 56.5 Å². The second kappa shape index (κ2) is 8.98. The first kappa shape index (κ1) is 21.2. The van der Waals surface area contributed by atoms with Crippen molar-refractivity contribution in [2.24, 2.45) is 0 Å². The lowest BCUT2D eigenvalue weighted by atomic mass is 10.2. The molecule has 0 bridgehead atoms. The van der Waals surface area contributed by atoms with E-state index in [9.17, 15) is 14.9 Å². The Morgan fingerprint density at radius 2 is 2.12 bits per heavy atom. The van der Waals surface area contributed by atoms with Crippen LogP contribution in [0.5, 0.6) is 0 Å². The number of carbonyl (C=O) groups excluding carboxylic acids is 2. The molecule has 1 aliphatic carbocycles. The molecule has 1 fully saturated rings. The summed E-state index contributed by atoms with van der Waals surface area (Å²) in [7, 11) is 0. The SMILES string of the molecule is Cc1c(C#N)c(NC(=O)COC(=O)c2ccc(NC3CC3)nc2)n(Cc2ccco2)c1C. The van der Waals surface area contributed by atoms with Crippen molar-refractivity contribution in [1.82, 2.24) is 9.55 Å². The molecule has 3 heterocycles. The molecule has 0 saturated heterocycles. The van der Waals surface area contributed by atoms with Crippen molar-refractivity contribution in [3.63, 3.8) is 0 Å². The summed E-state index contributed by atoms with van der Waals surface area (Å²) in [5.41, 5.74) is 2.20. The van der Waals surface area contributed by atoms with Gasteiger partial charge < -0.3 is 24.4 Å². The molecule has 1 aliphatic rings. The highest BCUT2D eigenvalue weighted by atomic mass is 16.5. The zero-order valence-electron chi connectivity index (χ0n) is 17.8. The van der Waals surface area contributed by atoms with Crippen LogP contribution < -0.4 is 10.6 Å². The van der Waals surface area contributed by atoms with Crippen molar-refractivity contribution in [1.29, 1.82) is 5.26 Å². The summed E-state index contributed by atoms with van der Waals surface area (Å²) in [4.78, 5) is 29.0. The fraction of sp³-hybridized carbons (Fsp3) is 0.304. The fourth-order valence-corrected chi connectivity index (χ4v) is 3.31. The normalized spacial score (nSPS) is 12.8. The highest BCUT2D eigenvalue weighted by Gasteiger charge is 2.22. The first-order valence-electron chi connectivity index (χ1n) is 10.3. The Kier molecular flexibility index (Phi) is 5.94. The van der Waals surface area contributed by atoms with Crippen LogP contribution in [-0.4, -0.2) is 34.1 Å². The van der Waals surface area contributed by atoms with Gasteiger partial charge in [-0.1, -0.05) is 0 Å². The molecule has 3 aromatic heterocycles. The Morgan fingerprint density at radius 3 is 2.75 bits per heavy atom. The molecular formula is C23H23N5O4. The number of carbonyl (C=O) groups is 2. The Labute approximate surface area is 185 Å². The van der Waals surface area contributed by atoms with Crippen molar-refractivity contribution < 1.29 is 18.7 Å². The topological polar surface area (TPSA) is 122 Å². The van der Waals surface area contributed by atoms with E-state index in [4.69, 9.17) is 9.15 Å². The van der Waals surface area contributed by atoms with Gasteiger partial charge in [-0.3, -0.25) is 4.79 Å². The van der Waals surface area contributed by atoms with Gasteiger partial charge in [-0.25, -0.2) is 9.78 Å². The van der Waals surface area contributed by atoms with Crippen LogP contribution in [0, 0.1) is 25.2 Å². The van der Waals surface area contributed by atoms with Crippen LogP contribution >= 0.6 is 0 Å². The van der Waals surface area contributed by atoms with Crippen molar-refractivity contribution in [2.75, 3.05) is 17.2 Å². The number of rotatable bonds is 8. The molecule has 0 aromatic carbocycles. The quantitative estimate of drug-likeness (QED) is 0.522. The van der Waals surface area contributed by atoms with E-state index >= 15 is 0 Å². The molecule has 0 atom stereocenters. The fourth-order valence-electron chi connectivity index (χ4n) is 3.31. The molecule has 0 unspecified atom stereocenters. The number of furan rings is 1. The van der Waals surface area contributed by atoms with Gasteiger partial charge in [-0.2, -0.15) is 5.26 Å². The number of nitrogens with zero attached hydrogens (tertiary/aromatic N) is 3. The van der Waals surface area contributed by atoms with Crippen LogP contribution in [0.3, 0.4) is 0 Å². The number of hydrogen-bond donors (Lipinski definition) is 2. The average Bonchev–Trinajstić information content (AvgIpc) is 3.40. The Bertz CT molecular complexity index is 1170. The average molecular weight is 433 g/mol. The molecule has 1 amide bonds. The smallest absolute Gasteiger partial charge is 0.340 e. The lowest BCUT2D eigenvalue weighted by Gasteiger charge is -2.12. The van der Waals surface area contributed by atoms with E-state index < -0.39 is 18.5 Å². The van der Waals surface area contributed by atoms with Gasteiger partial charge in [0.05, 0.1) is 23.9 Å². The summed E-state index contributed by atoms with van der Waals surface area (Å²) in [6, 6.07) is 9.49. The zero-order valence-corrected chi connectivity index (χ0v) is 17.8. The molecule has 2 N–H and O–H groups in total. The second-order valence-electron chi connectivity index (χ2n) is 7.69. The number of anilines is 2. The highest BCUT2D eigenvalue weighted by molar-refractivity contribution is 5.96. The van der Waals surface area contributed by atoms with Crippen LogP contribution in [0.2, 0.25) is 0 Å². The molecule has 0 aliphatic heterocycles. The monoisotopic (exact) mass is 433 g/mol. The Morgan fingerprint density at radius 1 is 1.31 bits per heavy atom. The number of aromatic nitrogens is 2. The van der Waals surface area contributed by atoms with Crippen molar-refractivity contribution in [3.8, 4) is 6.07 Å². The third kappa shape index (κ3) is 4.64. The molecule has 3 aromatic rings. The standard InChI is InChI=1S/C23H23N5O4/c1-14-15(2)28(12-18-4-3-9-31-18)22(19(14)10-24)27-21(29)13-32-23(30)16-5-8-20(25-11-16)26-17-6-7-17/h3-5,8-9,11,17H,6-7,12-13H2,1-2H3,(H,25,26)(H,27,29). The van der Waals surface area contributed by atoms with E-state index in [1.165, 1.54) is 6.20 Å². The summed E-state index contributed by atoms with van der Waals surface area (Å²) in [5.74, 6) is 0.533. The van der Waals surface area contributed by atoms with Gasteiger partial charge in [0.1, 0.15) is 23.5 Å². The minimum absolute atomic E-state index is 0.254. The van der Waals surface area contributed by atoms with Crippen LogP contribution in [0.25, 0.3) is 0 Å². The maximum atomic E-state index is 12.5. The van der Waals surface area contributed by atoms with Gasteiger partial charge in [0, 0.05) is 17.9 Å². The maximum Gasteiger partial charge on any atom is 0.340 e. The van der Waals surface area contributed by atoms with Crippen LogP contribution in [-0.2, 0) is 16.1 Å². The molecule has 9 heteroatoms. The summed E-state index contributed by atoms with van der Waals surface area (Å²) in [5, 5.41) is 15.5. The van der Waals surface area contributed by atoms with Crippen LogP contribution in [0.1, 0.15) is 45.8 Å². The zero-order chi connectivity index (χ0) is 22.7. The number of hydrogen-bond acceptors (Lipinski definition) is 7. The summed E-state index contributed by atoms with van der Waals surface area (Å²) in [6.45, 7) is 3.54. The molecule has 32 heavy (non-hydrogen) atoms. The second-order valence-corrected chi connectivity index (χ2v) is 7.69. The van der Waals surface area contributed by atoms with Gasteiger partial charge >= 0.3 is 5.97 Å². The van der Waals surface area contributed by atoms with E-state index in [0.717, 1.165) is 24.1 Å². The predicted octanol–water partition coefficient (Wildman–Crippen LogP) is 3.38. The van der Waals surface area contributed by atoms with Gasteiger partial charge in [0.2, 0.25) is 0 Å². The minimum atomic E-state index is -0.649. The largest absolute Gasteiger partial charge is 0.467 e. The molecule has 164 valence electrons. The van der Waals surface area contributed by atoms with Crippen LogP contribution in [0.4, 0.5) is 11.6 Å². The van der Waals surface area contributed by atoms with E-state index in [0.29, 0.717) is 35.5 Å². The van der Waals surface area contributed by atoms with Crippen molar-refractivity contribution >= 4 is 23.5 Å². The molecule has 1 saturated carbocycles. The number of esters is 1. The number of amides is 1. The summed E-state index contributed by atoms with van der Waals surface area (Å²) in [6.07, 6.45) is 5.23. The lowest BCUT2D eigenvalue weighted by Crippen LogP contribution is -2.23. The van der Waals surface area contributed by atoms with E-state index in [1.54, 1.807) is 29.0 Å². The third-order valence-electron chi connectivity index (χ3n) is 5.36. The highest BCUT2D eigenvalue weighted by Crippen LogP contribution is 2.27. The summed E-state index contributed by atoms with van der Waals surface area (Å²) >= 11 is 0. The molecular weight excluding hydrogens is 410 g/mol. The Hall–Kier alpha value is -4.06. The van der Waals surface area contributed by atoms with Gasteiger partial charge in [0.25, 0.3) is 5.91 Å². The predicted molar refractivity (Wildman–Crippen MR) is 116 cm³/mol. The first-order valence-corrected chi connectivity index (χ1v) is 10.3. The van der Waals surface area contributed by atoms with Crippen molar-refractivity contribution in [3.05, 3.63) is 64.9 Å². The molecule has 0 radical (unpaired) electrons. The number of ether oxygens (including phenoxy) is 1. The van der Waals surface area contributed by atoms with Gasteiger partial charge in [-0.15, -0.1) is 0 Å². The maximum absolute atomic E-state index is 12.5. The number of nitriles is 1. The van der Waals surface area contributed by atoms with E-state index in [1.807, 2.05) is 19.9 Å². The Balaban J connectivity index is 1.40. The van der Waals surface area contributed by atoms with Gasteiger partial charge in [0.15, 0.2) is 6.61 Å². The number of pyridine rings is 1. The lowest BCUT2D eigenvalue weighted by molar-refractivity contribution is -0.119. The molecule has 9 nitrogen and oxygen atoms in total. The van der Waals surface area contributed by atoms with E-state index in [-0.39, 0.29) is 5.56 Å². The first-order chi connectivity index (χ1) is 15.5. The third-order valence-corrected chi connectivity index (χ3v) is 5.36. The minimum Gasteiger partial charge on any atom is -0.467 e. The van der Waals surface area contributed by atoms with Crippen LogP contribution in [0.15, 0.2) is 41.1 Å². The van der Waals surface area contributed by atoms with E-state index in [2.05, 4.69) is 21.7 Å². The molecule has 0 spiro atoms. The number of nitrogens with one attached hydrogen (secondary N) is 2. The van der Waals surface area contributed by atoms with Crippen molar-refractivity contribution in [2.45, 2.75) is 39.3 Å².